The number of carbonyl (C=O) groups is 3. The minimum Gasteiger partial charge on any atom is -0.462 e. The molecule has 0 aliphatic carbocycles. The maximum absolute atomic E-state index is 12.7. The highest BCUT2D eigenvalue weighted by molar-refractivity contribution is 7.94. The van der Waals surface area contributed by atoms with E-state index in [0.717, 1.165) is 0 Å². The first-order valence-electron chi connectivity index (χ1n) is 9.09. The standard InChI is InChI=1S/C20H19ClN2O6S/c1-3-29-20(26)13-4-6-14(7-5-13)22-18(24)16-10-15(8-9-17(16)21)23-19(25)12(2)11-30(23,27)28/h4-10,12H,3,11H2,1-2H3,(H,22,24). The lowest BCUT2D eigenvalue weighted by Gasteiger charge is -2.17. The number of hydrogen-bond donors (Lipinski definition) is 1. The number of nitrogens with one attached hydrogen (secondary N) is 1. The molecule has 1 aliphatic heterocycles. The number of ether oxygens (including phenoxy) is 1. The van der Waals surface area contributed by atoms with Crippen molar-refractivity contribution in [3.05, 3.63) is 58.6 Å². The van der Waals surface area contributed by atoms with E-state index < -0.39 is 33.7 Å². The summed E-state index contributed by atoms with van der Waals surface area (Å²) in [4.78, 5) is 36.7. The van der Waals surface area contributed by atoms with Gasteiger partial charge in [-0.1, -0.05) is 18.5 Å². The highest BCUT2D eigenvalue weighted by Gasteiger charge is 2.42. The van der Waals surface area contributed by atoms with Crippen LogP contribution in [0.25, 0.3) is 0 Å². The summed E-state index contributed by atoms with van der Waals surface area (Å²) in [6.07, 6.45) is 0. The number of sulfonamides is 1. The average molecular weight is 451 g/mol. The molecule has 0 aromatic heterocycles. The summed E-state index contributed by atoms with van der Waals surface area (Å²) < 4.78 is 30.2. The smallest absolute Gasteiger partial charge is 0.338 e. The van der Waals surface area contributed by atoms with Crippen LogP contribution in [0.4, 0.5) is 11.4 Å². The van der Waals surface area contributed by atoms with Crippen LogP contribution < -0.4 is 9.62 Å². The first kappa shape index (κ1) is 21.8. The molecule has 158 valence electrons. The van der Waals surface area contributed by atoms with Gasteiger partial charge in [0.2, 0.25) is 15.9 Å². The number of esters is 1. The Hall–Kier alpha value is -2.91. The third kappa shape index (κ3) is 4.31. The van der Waals surface area contributed by atoms with Crippen LogP contribution >= 0.6 is 11.6 Å². The lowest BCUT2D eigenvalue weighted by Crippen LogP contribution is -2.30. The van der Waals surface area contributed by atoms with E-state index in [1.807, 2.05) is 0 Å². The van der Waals surface area contributed by atoms with Crippen molar-refractivity contribution in [1.29, 1.82) is 0 Å². The number of halogens is 1. The molecular formula is C20H19ClN2O6S. The summed E-state index contributed by atoms with van der Waals surface area (Å²) >= 11 is 6.13. The molecule has 8 nitrogen and oxygen atoms in total. The summed E-state index contributed by atoms with van der Waals surface area (Å²) in [5.41, 5.74) is 0.789. The quantitative estimate of drug-likeness (QED) is 0.701. The van der Waals surface area contributed by atoms with Crippen molar-refractivity contribution in [3.63, 3.8) is 0 Å². The Morgan fingerprint density at radius 2 is 1.87 bits per heavy atom. The molecule has 1 atom stereocenters. The van der Waals surface area contributed by atoms with Gasteiger partial charge in [-0.15, -0.1) is 0 Å². The third-order valence-corrected chi connectivity index (χ3v) is 6.64. The average Bonchev–Trinajstić information content (AvgIpc) is 2.90. The van der Waals surface area contributed by atoms with Gasteiger partial charge in [-0.2, -0.15) is 0 Å². The lowest BCUT2D eigenvalue weighted by atomic mass is 10.1. The van der Waals surface area contributed by atoms with Crippen LogP contribution in [0.1, 0.15) is 34.6 Å². The zero-order chi connectivity index (χ0) is 22.1. The minimum absolute atomic E-state index is 0.00573. The molecule has 2 aromatic carbocycles. The van der Waals surface area contributed by atoms with E-state index in [2.05, 4.69) is 5.32 Å². The Labute approximate surface area is 178 Å². The van der Waals surface area contributed by atoms with E-state index in [1.165, 1.54) is 49.4 Å². The largest absolute Gasteiger partial charge is 0.462 e. The van der Waals surface area contributed by atoms with E-state index in [1.54, 1.807) is 6.92 Å². The Morgan fingerprint density at radius 3 is 2.43 bits per heavy atom. The molecule has 0 saturated carbocycles. The summed E-state index contributed by atoms with van der Waals surface area (Å²) in [5.74, 6) is -2.58. The number of benzene rings is 2. The molecular weight excluding hydrogens is 432 g/mol. The van der Waals surface area contributed by atoms with Crippen LogP contribution in [0.2, 0.25) is 5.02 Å². The second kappa shape index (κ2) is 8.45. The Kier molecular flexibility index (Phi) is 6.14. The highest BCUT2D eigenvalue weighted by Crippen LogP contribution is 2.31. The number of amides is 2. The number of anilines is 2. The molecule has 1 saturated heterocycles. The van der Waals surface area contributed by atoms with Crippen LogP contribution in [0.15, 0.2) is 42.5 Å². The van der Waals surface area contributed by atoms with Gasteiger partial charge in [-0.25, -0.2) is 17.5 Å². The van der Waals surface area contributed by atoms with Crippen LogP contribution in [0.3, 0.4) is 0 Å². The van der Waals surface area contributed by atoms with Crippen molar-refractivity contribution in [2.24, 2.45) is 5.92 Å². The SMILES string of the molecule is CCOC(=O)c1ccc(NC(=O)c2cc(N3C(=O)C(C)CS3(=O)=O)ccc2Cl)cc1. The van der Waals surface area contributed by atoms with Crippen molar-refractivity contribution >= 4 is 50.8 Å². The molecule has 0 radical (unpaired) electrons. The van der Waals surface area contributed by atoms with Crippen LogP contribution in [0.5, 0.6) is 0 Å². The molecule has 10 heteroatoms. The van der Waals surface area contributed by atoms with Gasteiger partial charge < -0.3 is 10.1 Å². The van der Waals surface area contributed by atoms with Gasteiger partial charge in [0.25, 0.3) is 5.91 Å². The highest BCUT2D eigenvalue weighted by atomic mass is 35.5. The van der Waals surface area contributed by atoms with E-state index in [9.17, 15) is 22.8 Å². The van der Waals surface area contributed by atoms with Crippen LogP contribution in [0, 0.1) is 5.92 Å². The topological polar surface area (TPSA) is 110 Å². The van der Waals surface area contributed by atoms with Gasteiger partial charge >= 0.3 is 5.97 Å². The second-order valence-corrected chi connectivity index (χ2v) is 8.97. The molecule has 2 amide bonds. The second-order valence-electron chi connectivity index (χ2n) is 6.70. The molecule has 2 aromatic rings. The summed E-state index contributed by atoms with van der Waals surface area (Å²) in [5, 5.41) is 2.72. The first-order chi connectivity index (χ1) is 14.1. The number of nitrogens with zero attached hydrogens (tertiary/aromatic N) is 1. The monoisotopic (exact) mass is 450 g/mol. The number of rotatable bonds is 5. The van der Waals surface area contributed by atoms with E-state index in [-0.39, 0.29) is 28.6 Å². The van der Waals surface area contributed by atoms with Crippen LogP contribution in [-0.4, -0.2) is 38.6 Å². The maximum atomic E-state index is 12.7. The van der Waals surface area contributed by atoms with Gasteiger partial charge in [0.1, 0.15) is 0 Å². The van der Waals surface area contributed by atoms with Crippen molar-refractivity contribution in [3.8, 4) is 0 Å². The number of carbonyl (C=O) groups excluding carboxylic acids is 3. The zero-order valence-electron chi connectivity index (χ0n) is 16.2. The van der Waals surface area contributed by atoms with Crippen molar-refractivity contribution in [2.75, 3.05) is 22.0 Å². The van der Waals surface area contributed by atoms with Crippen molar-refractivity contribution in [2.45, 2.75) is 13.8 Å². The molecule has 30 heavy (non-hydrogen) atoms. The van der Waals surface area contributed by atoms with Gasteiger partial charge in [0, 0.05) is 5.69 Å². The third-order valence-electron chi connectivity index (χ3n) is 4.44. The first-order valence-corrected chi connectivity index (χ1v) is 11.1. The normalized spacial score (nSPS) is 17.6. The predicted octanol–water partition coefficient (Wildman–Crippen LogP) is 3.08. The zero-order valence-corrected chi connectivity index (χ0v) is 17.8. The fraction of sp³-hybridized carbons (Fsp3) is 0.250. The molecule has 1 N–H and O–H groups in total. The van der Waals surface area contributed by atoms with E-state index in [0.29, 0.717) is 15.6 Å². The summed E-state index contributed by atoms with van der Waals surface area (Å²) in [6.45, 7) is 3.48. The van der Waals surface area contributed by atoms with Crippen molar-refractivity contribution in [1.82, 2.24) is 0 Å². The molecule has 1 heterocycles. The van der Waals surface area contributed by atoms with Gasteiger partial charge in [-0.05, 0) is 49.4 Å². The molecule has 3 rings (SSSR count). The molecule has 0 spiro atoms. The van der Waals surface area contributed by atoms with Crippen LogP contribution in [-0.2, 0) is 19.6 Å². The Morgan fingerprint density at radius 1 is 1.20 bits per heavy atom. The summed E-state index contributed by atoms with van der Waals surface area (Å²) in [6, 6.07) is 10.1. The van der Waals surface area contributed by atoms with E-state index in [4.69, 9.17) is 16.3 Å². The lowest BCUT2D eigenvalue weighted by molar-refractivity contribution is -0.119. The fourth-order valence-corrected chi connectivity index (χ4v) is 5.02. The Bertz CT molecular complexity index is 1110. The molecule has 1 fully saturated rings. The predicted molar refractivity (Wildman–Crippen MR) is 112 cm³/mol. The maximum Gasteiger partial charge on any atom is 0.338 e. The fourth-order valence-electron chi connectivity index (χ4n) is 3.00. The Balaban J connectivity index is 1.84. The number of hydrogen-bond acceptors (Lipinski definition) is 6. The molecule has 1 aliphatic rings. The molecule has 0 bridgehead atoms. The van der Waals surface area contributed by atoms with E-state index >= 15 is 0 Å². The van der Waals surface area contributed by atoms with Crippen molar-refractivity contribution < 1.29 is 27.5 Å². The van der Waals surface area contributed by atoms with Gasteiger partial charge in [0.15, 0.2) is 0 Å². The van der Waals surface area contributed by atoms with Gasteiger partial charge in [-0.3, -0.25) is 9.59 Å². The summed E-state index contributed by atoms with van der Waals surface area (Å²) in [7, 11) is -3.81. The van der Waals surface area contributed by atoms with Gasteiger partial charge in [0.05, 0.1) is 40.1 Å². The minimum atomic E-state index is -3.81. The molecule has 1 unspecified atom stereocenters.